The maximum atomic E-state index is 14.0. The molecule has 11 heteroatoms. The summed E-state index contributed by atoms with van der Waals surface area (Å²) in [5.41, 5.74) is 1.64. The second-order valence-electron chi connectivity index (χ2n) is 9.53. The predicted molar refractivity (Wildman–Crippen MR) is 162 cm³/mol. The van der Waals surface area contributed by atoms with Crippen LogP contribution in [0.2, 0.25) is 15.1 Å². The van der Waals surface area contributed by atoms with E-state index in [-0.39, 0.29) is 39.1 Å². The van der Waals surface area contributed by atoms with E-state index < -0.39 is 28.5 Å². The van der Waals surface area contributed by atoms with E-state index in [2.05, 4.69) is 5.32 Å². The lowest BCUT2D eigenvalue weighted by molar-refractivity contribution is -0.139. The lowest BCUT2D eigenvalue weighted by Gasteiger charge is -2.32. The minimum atomic E-state index is -4.22. The number of nitrogens with one attached hydrogen (secondary N) is 1. The van der Waals surface area contributed by atoms with Crippen molar-refractivity contribution in [3.8, 4) is 0 Å². The van der Waals surface area contributed by atoms with Crippen molar-refractivity contribution in [3.63, 3.8) is 0 Å². The van der Waals surface area contributed by atoms with Crippen molar-refractivity contribution in [2.75, 3.05) is 10.8 Å². The molecule has 214 valence electrons. The lowest BCUT2D eigenvalue weighted by Crippen LogP contribution is -2.52. The first kappa shape index (κ1) is 31.7. The minimum Gasteiger partial charge on any atom is -0.352 e. The molecule has 2 amide bonds. The average Bonchev–Trinajstić information content (AvgIpc) is 2.92. The highest BCUT2D eigenvalue weighted by molar-refractivity contribution is 7.92. The van der Waals surface area contributed by atoms with Crippen LogP contribution < -0.4 is 9.62 Å². The van der Waals surface area contributed by atoms with Crippen molar-refractivity contribution >= 4 is 62.3 Å². The Kier molecular flexibility index (Phi) is 10.9. The number of benzene rings is 3. The van der Waals surface area contributed by atoms with Crippen molar-refractivity contribution in [2.24, 2.45) is 0 Å². The smallest absolute Gasteiger partial charge is 0.264 e. The normalized spacial score (nSPS) is 12.9. The van der Waals surface area contributed by atoms with Gasteiger partial charge in [-0.2, -0.15) is 0 Å². The third-order valence-corrected chi connectivity index (χ3v) is 9.44. The second-order valence-corrected chi connectivity index (χ2v) is 12.6. The van der Waals surface area contributed by atoms with Gasteiger partial charge in [0.25, 0.3) is 10.0 Å². The zero-order valence-electron chi connectivity index (χ0n) is 22.7. The van der Waals surface area contributed by atoms with E-state index in [0.717, 1.165) is 9.87 Å². The van der Waals surface area contributed by atoms with E-state index >= 15 is 0 Å². The van der Waals surface area contributed by atoms with Gasteiger partial charge in [0.15, 0.2) is 0 Å². The Morgan fingerprint density at radius 1 is 0.900 bits per heavy atom. The van der Waals surface area contributed by atoms with Crippen LogP contribution in [0.5, 0.6) is 0 Å². The van der Waals surface area contributed by atoms with Crippen molar-refractivity contribution in [3.05, 3.63) is 92.9 Å². The Labute approximate surface area is 251 Å². The summed E-state index contributed by atoms with van der Waals surface area (Å²) in [6.45, 7) is 6.64. The number of rotatable bonds is 11. The number of halogens is 3. The monoisotopic (exact) mass is 623 g/mol. The molecule has 0 aliphatic carbocycles. The van der Waals surface area contributed by atoms with Crippen LogP contribution in [0, 0.1) is 6.92 Å². The Balaban J connectivity index is 2.06. The first-order valence-electron chi connectivity index (χ1n) is 12.7. The molecule has 3 aromatic rings. The fourth-order valence-electron chi connectivity index (χ4n) is 3.86. The van der Waals surface area contributed by atoms with Crippen LogP contribution in [0.1, 0.15) is 38.3 Å². The van der Waals surface area contributed by atoms with E-state index in [1.54, 1.807) is 43.3 Å². The van der Waals surface area contributed by atoms with Gasteiger partial charge in [-0.05, 0) is 69.2 Å². The van der Waals surface area contributed by atoms with Gasteiger partial charge >= 0.3 is 0 Å². The molecule has 40 heavy (non-hydrogen) atoms. The van der Waals surface area contributed by atoms with Crippen LogP contribution in [0.4, 0.5) is 5.69 Å². The van der Waals surface area contributed by atoms with Crippen LogP contribution in [-0.2, 0) is 26.2 Å². The molecule has 7 nitrogen and oxygen atoms in total. The zero-order chi connectivity index (χ0) is 29.6. The van der Waals surface area contributed by atoms with Gasteiger partial charge in [-0.25, -0.2) is 8.42 Å². The molecule has 0 saturated carbocycles. The minimum absolute atomic E-state index is 0.00260. The topological polar surface area (TPSA) is 86.8 Å². The first-order chi connectivity index (χ1) is 18.8. The SMILES string of the molecule is CC[C@H](C)NC(=O)[C@@H](C)N(Cc1ccccc1Cl)C(=O)CN(c1ccc(Cl)c(Cl)c1)S(=O)(=O)c1ccc(C)cc1. The number of amides is 2. The second kappa shape index (κ2) is 13.7. The van der Waals surface area contributed by atoms with Crippen molar-refractivity contribution in [1.82, 2.24) is 10.2 Å². The summed E-state index contributed by atoms with van der Waals surface area (Å²) in [7, 11) is -4.22. The highest BCUT2D eigenvalue weighted by Gasteiger charge is 2.33. The molecule has 0 spiro atoms. The molecule has 3 aromatic carbocycles. The maximum absolute atomic E-state index is 14.0. The molecule has 0 bridgehead atoms. The molecule has 1 N–H and O–H groups in total. The van der Waals surface area contributed by atoms with Gasteiger partial charge in [-0.15, -0.1) is 0 Å². The molecule has 2 atom stereocenters. The van der Waals surface area contributed by atoms with E-state index in [1.807, 2.05) is 20.8 Å². The van der Waals surface area contributed by atoms with Gasteiger partial charge in [0.1, 0.15) is 12.6 Å². The summed E-state index contributed by atoms with van der Waals surface area (Å²) in [5.74, 6) is -0.967. The number of nitrogens with zero attached hydrogens (tertiary/aromatic N) is 2. The molecular formula is C29H32Cl3N3O4S. The summed E-state index contributed by atoms with van der Waals surface area (Å²) in [6, 6.07) is 16.6. The predicted octanol–water partition coefficient (Wildman–Crippen LogP) is 6.48. The largest absolute Gasteiger partial charge is 0.352 e. The van der Waals surface area contributed by atoms with Crippen LogP contribution in [0.3, 0.4) is 0 Å². The number of sulfonamides is 1. The third kappa shape index (κ3) is 7.69. The van der Waals surface area contributed by atoms with E-state index in [1.165, 1.54) is 35.2 Å². The maximum Gasteiger partial charge on any atom is 0.264 e. The Morgan fingerprint density at radius 3 is 2.15 bits per heavy atom. The van der Waals surface area contributed by atoms with Gasteiger partial charge in [-0.1, -0.05) is 77.6 Å². The van der Waals surface area contributed by atoms with Crippen molar-refractivity contribution in [1.29, 1.82) is 0 Å². The molecule has 0 unspecified atom stereocenters. The Bertz CT molecular complexity index is 1470. The number of carbonyl (C=O) groups excluding carboxylic acids is 2. The molecule has 0 saturated heterocycles. The summed E-state index contributed by atoms with van der Waals surface area (Å²) in [4.78, 5) is 28.4. The number of hydrogen-bond donors (Lipinski definition) is 1. The van der Waals surface area contributed by atoms with Crippen molar-refractivity contribution in [2.45, 2.75) is 57.6 Å². The van der Waals surface area contributed by atoms with Crippen LogP contribution in [0.25, 0.3) is 0 Å². The van der Waals surface area contributed by atoms with Crippen LogP contribution >= 0.6 is 34.8 Å². The van der Waals surface area contributed by atoms with Crippen molar-refractivity contribution < 1.29 is 18.0 Å². The molecule has 0 radical (unpaired) electrons. The fraction of sp³-hybridized carbons (Fsp3) is 0.310. The molecule has 0 aromatic heterocycles. The number of hydrogen-bond acceptors (Lipinski definition) is 4. The summed E-state index contributed by atoms with van der Waals surface area (Å²) in [6.07, 6.45) is 0.705. The quantitative estimate of drug-likeness (QED) is 0.265. The first-order valence-corrected chi connectivity index (χ1v) is 15.3. The highest BCUT2D eigenvalue weighted by Crippen LogP contribution is 2.31. The summed E-state index contributed by atoms with van der Waals surface area (Å²) in [5, 5.41) is 3.68. The molecule has 0 fully saturated rings. The molecule has 3 rings (SSSR count). The zero-order valence-corrected chi connectivity index (χ0v) is 25.8. The van der Waals surface area contributed by atoms with Gasteiger partial charge in [0.2, 0.25) is 11.8 Å². The lowest BCUT2D eigenvalue weighted by atomic mass is 10.1. The van der Waals surface area contributed by atoms with E-state index in [4.69, 9.17) is 34.8 Å². The average molecular weight is 625 g/mol. The van der Waals surface area contributed by atoms with Gasteiger partial charge in [-0.3, -0.25) is 13.9 Å². The number of anilines is 1. The number of carbonyl (C=O) groups is 2. The van der Waals surface area contributed by atoms with E-state index in [0.29, 0.717) is 17.0 Å². The Hall–Kier alpha value is -2.78. The summed E-state index contributed by atoms with van der Waals surface area (Å²) >= 11 is 18.7. The summed E-state index contributed by atoms with van der Waals surface area (Å²) < 4.78 is 28.7. The molecular weight excluding hydrogens is 593 g/mol. The van der Waals surface area contributed by atoms with E-state index in [9.17, 15) is 18.0 Å². The molecule has 0 aliphatic rings. The highest BCUT2D eigenvalue weighted by atomic mass is 35.5. The Morgan fingerprint density at radius 2 is 1.55 bits per heavy atom. The number of aryl methyl sites for hydroxylation is 1. The van der Waals surface area contributed by atoms with Gasteiger partial charge in [0, 0.05) is 17.6 Å². The standard InChI is InChI=1S/C29H32Cl3N3O4S/c1-5-20(3)33-29(37)21(4)34(17-22-8-6-7-9-25(22)30)28(36)18-35(23-12-15-26(31)27(32)16-23)40(38,39)24-13-10-19(2)11-14-24/h6-16,20-21H,5,17-18H2,1-4H3,(H,33,37)/t20-,21+/m0/s1. The fourth-order valence-corrected chi connectivity index (χ4v) is 5.76. The molecule has 0 aliphatic heterocycles. The van der Waals surface area contributed by atoms with Gasteiger partial charge < -0.3 is 10.2 Å². The van der Waals surface area contributed by atoms with Crippen LogP contribution in [-0.4, -0.2) is 43.8 Å². The van der Waals surface area contributed by atoms with Gasteiger partial charge in [0.05, 0.1) is 20.6 Å². The molecule has 0 heterocycles. The third-order valence-electron chi connectivity index (χ3n) is 6.55. The van der Waals surface area contributed by atoms with Crippen LogP contribution in [0.15, 0.2) is 71.6 Å².